The van der Waals surface area contributed by atoms with Gasteiger partial charge in [-0.3, -0.25) is 0 Å². The van der Waals surface area contributed by atoms with Crippen molar-refractivity contribution >= 4 is 22.9 Å². The van der Waals surface area contributed by atoms with E-state index >= 15 is 0 Å². The molecule has 0 fully saturated rings. The van der Waals surface area contributed by atoms with Crippen LogP contribution in [0.5, 0.6) is 5.75 Å². The van der Waals surface area contributed by atoms with Crippen molar-refractivity contribution in [2.24, 2.45) is 0 Å². The summed E-state index contributed by atoms with van der Waals surface area (Å²) in [6, 6.07) is 5.73. The number of ether oxygens (including phenoxy) is 1. The van der Waals surface area contributed by atoms with E-state index in [2.05, 4.69) is 17.2 Å². The van der Waals surface area contributed by atoms with Gasteiger partial charge in [0.1, 0.15) is 12.4 Å². The molecule has 1 heterocycles. The molecule has 0 unspecified atom stereocenters. The van der Waals surface area contributed by atoms with Gasteiger partial charge in [-0.25, -0.2) is 4.98 Å². The molecule has 2 aromatic rings. The standard InChI is InChI=1S/C15H19ClN2OS/c1-3-6-17-8-12-7-13(16)4-5-15(12)19-9-14-10-20-11(2)18-14/h4-5,7,10,17H,3,6,8-9H2,1-2H3. The first-order valence-electron chi connectivity index (χ1n) is 6.72. The Hall–Kier alpha value is -1.10. The minimum absolute atomic E-state index is 0.493. The zero-order chi connectivity index (χ0) is 14.4. The number of hydrogen-bond donors (Lipinski definition) is 1. The quantitative estimate of drug-likeness (QED) is 0.779. The molecule has 0 spiro atoms. The number of nitrogens with zero attached hydrogens (tertiary/aromatic N) is 1. The van der Waals surface area contributed by atoms with Gasteiger partial charge in [0.15, 0.2) is 0 Å². The molecule has 3 nitrogen and oxygen atoms in total. The van der Waals surface area contributed by atoms with E-state index in [0.29, 0.717) is 6.61 Å². The largest absolute Gasteiger partial charge is 0.487 e. The summed E-state index contributed by atoms with van der Waals surface area (Å²) < 4.78 is 5.87. The summed E-state index contributed by atoms with van der Waals surface area (Å²) in [6.07, 6.45) is 1.11. The highest BCUT2D eigenvalue weighted by molar-refractivity contribution is 7.09. The molecule has 20 heavy (non-hydrogen) atoms. The molecule has 1 N–H and O–H groups in total. The van der Waals surface area contributed by atoms with E-state index in [0.717, 1.165) is 46.5 Å². The molecule has 0 aliphatic heterocycles. The predicted molar refractivity (Wildman–Crippen MR) is 84.6 cm³/mol. The number of thiazole rings is 1. The number of aryl methyl sites for hydroxylation is 1. The van der Waals surface area contributed by atoms with Gasteiger partial charge in [-0.1, -0.05) is 18.5 Å². The van der Waals surface area contributed by atoms with Crippen LogP contribution in [0, 0.1) is 6.92 Å². The molecule has 0 saturated heterocycles. The fourth-order valence-electron chi connectivity index (χ4n) is 1.85. The lowest BCUT2D eigenvalue weighted by atomic mass is 10.2. The summed E-state index contributed by atoms with van der Waals surface area (Å²) in [5, 5.41) is 7.19. The topological polar surface area (TPSA) is 34.1 Å². The van der Waals surface area contributed by atoms with Gasteiger partial charge in [0, 0.05) is 22.5 Å². The lowest BCUT2D eigenvalue weighted by molar-refractivity contribution is 0.298. The minimum Gasteiger partial charge on any atom is -0.487 e. The average Bonchev–Trinajstić information content (AvgIpc) is 2.84. The number of aromatic nitrogens is 1. The fourth-order valence-corrected chi connectivity index (χ4v) is 2.65. The second kappa shape index (κ2) is 7.62. The molecule has 0 radical (unpaired) electrons. The van der Waals surface area contributed by atoms with Gasteiger partial charge < -0.3 is 10.1 Å². The van der Waals surface area contributed by atoms with Crippen molar-refractivity contribution in [3.63, 3.8) is 0 Å². The first-order chi connectivity index (χ1) is 9.69. The zero-order valence-corrected chi connectivity index (χ0v) is 13.4. The average molecular weight is 311 g/mol. The van der Waals surface area contributed by atoms with Crippen LogP contribution in [-0.4, -0.2) is 11.5 Å². The van der Waals surface area contributed by atoms with Gasteiger partial charge in [0.05, 0.1) is 10.7 Å². The van der Waals surface area contributed by atoms with Gasteiger partial charge in [0.25, 0.3) is 0 Å². The molecule has 0 aliphatic rings. The third-order valence-corrected chi connectivity index (χ3v) is 3.86. The van der Waals surface area contributed by atoms with Crippen LogP contribution >= 0.6 is 22.9 Å². The number of hydrogen-bond acceptors (Lipinski definition) is 4. The van der Waals surface area contributed by atoms with Gasteiger partial charge in [-0.2, -0.15) is 0 Å². The molecular weight excluding hydrogens is 292 g/mol. The van der Waals surface area contributed by atoms with Crippen LogP contribution in [0.4, 0.5) is 0 Å². The smallest absolute Gasteiger partial charge is 0.131 e. The molecule has 1 aromatic carbocycles. The first-order valence-corrected chi connectivity index (χ1v) is 7.97. The van der Waals surface area contributed by atoms with Crippen molar-refractivity contribution in [3.8, 4) is 5.75 Å². The van der Waals surface area contributed by atoms with Crippen LogP contribution < -0.4 is 10.1 Å². The molecule has 108 valence electrons. The molecule has 5 heteroatoms. The molecular formula is C15H19ClN2OS. The Morgan fingerprint density at radius 1 is 1.40 bits per heavy atom. The van der Waals surface area contributed by atoms with Crippen LogP contribution in [0.3, 0.4) is 0 Å². The maximum Gasteiger partial charge on any atom is 0.131 e. The van der Waals surface area contributed by atoms with E-state index in [-0.39, 0.29) is 0 Å². The Morgan fingerprint density at radius 3 is 2.95 bits per heavy atom. The van der Waals surface area contributed by atoms with E-state index in [4.69, 9.17) is 16.3 Å². The van der Waals surface area contributed by atoms with Crippen molar-refractivity contribution < 1.29 is 4.74 Å². The van der Waals surface area contributed by atoms with E-state index < -0.39 is 0 Å². The third kappa shape index (κ3) is 4.47. The number of rotatable bonds is 7. The third-order valence-electron chi connectivity index (χ3n) is 2.81. The minimum atomic E-state index is 0.493. The molecule has 2 rings (SSSR count). The summed E-state index contributed by atoms with van der Waals surface area (Å²) in [5.74, 6) is 0.864. The number of halogens is 1. The van der Waals surface area contributed by atoms with Crippen molar-refractivity contribution in [2.45, 2.75) is 33.4 Å². The highest BCUT2D eigenvalue weighted by Crippen LogP contribution is 2.24. The second-order valence-corrected chi connectivity index (χ2v) is 6.07. The van der Waals surface area contributed by atoms with E-state index in [1.165, 1.54) is 0 Å². The molecule has 1 aromatic heterocycles. The molecule has 0 saturated carbocycles. The monoisotopic (exact) mass is 310 g/mol. The normalized spacial score (nSPS) is 10.8. The Kier molecular flexibility index (Phi) is 5.83. The van der Waals surface area contributed by atoms with Gasteiger partial charge in [-0.15, -0.1) is 11.3 Å². The van der Waals surface area contributed by atoms with Crippen molar-refractivity contribution in [2.75, 3.05) is 6.54 Å². The number of benzene rings is 1. The highest BCUT2D eigenvalue weighted by atomic mass is 35.5. The molecule has 0 amide bonds. The SMILES string of the molecule is CCCNCc1cc(Cl)ccc1OCc1csc(C)n1. The Bertz CT molecular complexity index is 557. The Morgan fingerprint density at radius 2 is 2.25 bits per heavy atom. The summed E-state index contributed by atoms with van der Waals surface area (Å²) in [4.78, 5) is 4.40. The summed E-state index contributed by atoms with van der Waals surface area (Å²) in [7, 11) is 0. The second-order valence-electron chi connectivity index (χ2n) is 4.58. The molecule has 0 aliphatic carbocycles. The predicted octanol–water partition coefficient (Wildman–Crippen LogP) is 4.18. The van der Waals surface area contributed by atoms with Crippen LogP contribution in [0.15, 0.2) is 23.6 Å². The summed E-state index contributed by atoms with van der Waals surface area (Å²) in [5.41, 5.74) is 2.05. The van der Waals surface area contributed by atoms with E-state index in [1.807, 2.05) is 30.5 Å². The molecule has 0 atom stereocenters. The lowest BCUT2D eigenvalue weighted by Crippen LogP contribution is -2.14. The van der Waals surface area contributed by atoms with E-state index in [1.54, 1.807) is 11.3 Å². The zero-order valence-electron chi connectivity index (χ0n) is 11.8. The van der Waals surface area contributed by atoms with Crippen LogP contribution in [0.2, 0.25) is 5.02 Å². The van der Waals surface area contributed by atoms with Crippen LogP contribution in [0.1, 0.15) is 29.6 Å². The maximum absolute atomic E-state index is 6.06. The van der Waals surface area contributed by atoms with Gasteiger partial charge >= 0.3 is 0 Å². The Labute approximate surface area is 129 Å². The highest BCUT2D eigenvalue weighted by Gasteiger charge is 2.06. The molecule has 0 bridgehead atoms. The van der Waals surface area contributed by atoms with Crippen LogP contribution in [-0.2, 0) is 13.2 Å². The first kappa shape index (κ1) is 15.3. The van der Waals surface area contributed by atoms with Crippen molar-refractivity contribution in [3.05, 3.63) is 44.9 Å². The van der Waals surface area contributed by atoms with Gasteiger partial charge in [-0.05, 0) is 38.1 Å². The van der Waals surface area contributed by atoms with Crippen molar-refractivity contribution in [1.82, 2.24) is 10.3 Å². The fraction of sp³-hybridized carbons (Fsp3) is 0.400. The van der Waals surface area contributed by atoms with Crippen molar-refractivity contribution in [1.29, 1.82) is 0 Å². The van der Waals surface area contributed by atoms with Crippen LogP contribution in [0.25, 0.3) is 0 Å². The number of nitrogens with one attached hydrogen (secondary N) is 1. The summed E-state index contributed by atoms with van der Waals surface area (Å²) in [6.45, 7) is 6.38. The van der Waals surface area contributed by atoms with E-state index in [9.17, 15) is 0 Å². The van der Waals surface area contributed by atoms with Gasteiger partial charge in [0.2, 0.25) is 0 Å². The Balaban J connectivity index is 2.01. The summed E-state index contributed by atoms with van der Waals surface area (Å²) >= 11 is 7.69. The maximum atomic E-state index is 6.06. The lowest BCUT2D eigenvalue weighted by Gasteiger charge is -2.12.